The van der Waals surface area contributed by atoms with Crippen LogP contribution in [0.15, 0.2) is 11.3 Å². The number of ether oxygens (including phenoxy) is 1. The van der Waals surface area contributed by atoms with Crippen LogP contribution in [0.2, 0.25) is 0 Å². The van der Waals surface area contributed by atoms with Gasteiger partial charge in [0.05, 0.1) is 12.2 Å². The molecule has 1 saturated heterocycles. The van der Waals surface area contributed by atoms with Gasteiger partial charge in [0.15, 0.2) is 0 Å². The molecule has 60 valence electrons. The number of esters is 1. The molecular formula is C8H10O3. The summed E-state index contributed by atoms with van der Waals surface area (Å²) >= 11 is 0. The Morgan fingerprint density at radius 1 is 1.55 bits per heavy atom. The fourth-order valence-electron chi connectivity index (χ4n) is 1.74. The minimum absolute atomic E-state index is 0.177. The van der Waals surface area contributed by atoms with Crippen LogP contribution >= 0.6 is 0 Å². The first-order chi connectivity index (χ1) is 5.29. The minimum atomic E-state index is -0.313. The predicted molar refractivity (Wildman–Crippen MR) is 38.0 cm³/mol. The number of allylic oxidation sites excluding steroid dienone is 1. The molecule has 1 unspecified atom stereocenters. The number of carbonyl (C=O) groups excluding carboxylic acids is 1. The molecule has 1 aliphatic carbocycles. The summed E-state index contributed by atoms with van der Waals surface area (Å²) in [6.45, 7) is 0.470. The zero-order valence-electron chi connectivity index (χ0n) is 6.17. The van der Waals surface area contributed by atoms with Crippen molar-refractivity contribution in [2.45, 2.75) is 19.3 Å². The van der Waals surface area contributed by atoms with Crippen molar-refractivity contribution in [3.8, 4) is 0 Å². The van der Waals surface area contributed by atoms with E-state index in [2.05, 4.69) is 0 Å². The van der Waals surface area contributed by atoms with Gasteiger partial charge in [-0.2, -0.15) is 0 Å². The molecule has 0 radical (unpaired) electrons. The topological polar surface area (TPSA) is 46.5 Å². The molecule has 1 aliphatic heterocycles. The van der Waals surface area contributed by atoms with Crippen LogP contribution < -0.4 is 0 Å². The van der Waals surface area contributed by atoms with Gasteiger partial charge < -0.3 is 9.84 Å². The Morgan fingerprint density at radius 3 is 3.09 bits per heavy atom. The first kappa shape index (κ1) is 6.70. The lowest BCUT2D eigenvalue weighted by Crippen LogP contribution is -2.11. The Labute approximate surface area is 64.7 Å². The van der Waals surface area contributed by atoms with Gasteiger partial charge >= 0.3 is 5.97 Å². The molecule has 0 bridgehead atoms. The van der Waals surface area contributed by atoms with Gasteiger partial charge in [-0.3, -0.25) is 0 Å². The van der Waals surface area contributed by atoms with Crippen LogP contribution in [-0.2, 0) is 9.53 Å². The molecule has 1 N–H and O–H groups in total. The average molecular weight is 154 g/mol. The lowest BCUT2D eigenvalue weighted by atomic mass is 9.89. The van der Waals surface area contributed by atoms with Crippen molar-refractivity contribution in [1.29, 1.82) is 0 Å². The summed E-state index contributed by atoms with van der Waals surface area (Å²) in [5.41, 5.74) is 0.538. The van der Waals surface area contributed by atoms with E-state index >= 15 is 0 Å². The van der Waals surface area contributed by atoms with Gasteiger partial charge in [0.1, 0.15) is 5.76 Å². The number of hydrogen-bond acceptors (Lipinski definition) is 3. The third kappa shape index (κ3) is 0.914. The largest absolute Gasteiger partial charge is 0.512 e. The fourth-order valence-corrected chi connectivity index (χ4v) is 1.74. The van der Waals surface area contributed by atoms with E-state index in [1.165, 1.54) is 0 Å². The Morgan fingerprint density at radius 2 is 2.36 bits per heavy atom. The van der Waals surface area contributed by atoms with E-state index in [-0.39, 0.29) is 17.6 Å². The second-order valence-electron chi connectivity index (χ2n) is 3.05. The number of cyclic esters (lactones) is 1. The lowest BCUT2D eigenvalue weighted by molar-refractivity contribution is -0.135. The molecule has 3 heteroatoms. The monoisotopic (exact) mass is 154 g/mol. The molecule has 0 saturated carbocycles. The quantitative estimate of drug-likeness (QED) is 0.532. The molecule has 2 aliphatic rings. The molecule has 0 spiro atoms. The fraction of sp³-hybridized carbons (Fsp3) is 0.625. The predicted octanol–water partition coefficient (Wildman–Crippen LogP) is 1.16. The number of aliphatic hydroxyl groups excluding tert-OH is 1. The Kier molecular flexibility index (Phi) is 1.37. The third-order valence-electron chi connectivity index (χ3n) is 2.32. The Balaban J connectivity index is 2.37. The van der Waals surface area contributed by atoms with Crippen LogP contribution in [0.5, 0.6) is 0 Å². The maximum atomic E-state index is 11.0. The van der Waals surface area contributed by atoms with Crippen molar-refractivity contribution >= 4 is 5.97 Å². The van der Waals surface area contributed by atoms with E-state index in [1.54, 1.807) is 0 Å². The number of aliphatic hydroxyl groups is 1. The van der Waals surface area contributed by atoms with E-state index < -0.39 is 0 Å². The van der Waals surface area contributed by atoms with Gasteiger partial charge in [-0.1, -0.05) is 0 Å². The van der Waals surface area contributed by atoms with Crippen LogP contribution in [0.1, 0.15) is 19.3 Å². The van der Waals surface area contributed by atoms with Gasteiger partial charge in [-0.25, -0.2) is 4.79 Å². The van der Waals surface area contributed by atoms with Crippen LogP contribution in [0, 0.1) is 5.92 Å². The molecule has 11 heavy (non-hydrogen) atoms. The van der Waals surface area contributed by atoms with Crippen LogP contribution in [0.3, 0.4) is 0 Å². The second kappa shape index (κ2) is 2.26. The highest BCUT2D eigenvalue weighted by molar-refractivity contribution is 5.91. The molecule has 0 amide bonds. The van der Waals surface area contributed by atoms with Gasteiger partial charge in [-0.05, 0) is 12.8 Å². The molecule has 0 aromatic heterocycles. The van der Waals surface area contributed by atoms with Gasteiger partial charge in [0.25, 0.3) is 0 Å². The SMILES string of the molecule is O=C1OCC2CCCC(O)=C12. The number of rotatable bonds is 0. The van der Waals surface area contributed by atoms with Crippen molar-refractivity contribution in [2.75, 3.05) is 6.61 Å². The number of carbonyl (C=O) groups is 1. The van der Waals surface area contributed by atoms with Crippen molar-refractivity contribution in [2.24, 2.45) is 5.92 Å². The smallest absolute Gasteiger partial charge is 0.337 e. The van der Waals surface area contributed by atoms with E-state index in [1.807, 2.05) is 0 Å². The van der Waals surface area contributed by atoms with Gasteiger partial charge in [-0.15, -0.1) is 0 Å². The highest BCUT2D eigenvalue weighted by Gasteiger charge is 2.35. The molecule has 2 rings (SSSR count). The summed E-state index contributed by atoms with van der Waals surface area (Å²) in [5.74, 6) is 0.118. The highest BCUT2D eigenvalue weighted by Crippen LogP contribution is 2.33. The average Bonchev–Trinajstić information content (AvgIpc) is 2.34. The van der Waals surface area contributed by atoms with Crippen LogP contribution in [0.25, 0.3) is 0 Å². The molecule has 3 nitrogen and oxygen atoms in total. The summed E-state index contributed by atoms with van der Waals surface area (Å²) in [6.07, 6.45) is 2.59. The summed E-state index contributed by atoms with van der Waals surface area (Å²) in [5, 5.41) is 9.33. The minimum Gasteiger partial charge on any atom is -0.512 e. The Bertz CT molecular complexity index is 229. The zero-order chi connectivity index (χ0) is 7.84. The zero-order valence-corrected chi connectivity index (χ0v) is 6.17. The highest BCUT2D eigenvalue weighted by atomic mass is 16.5. The maximum Gasteiger partial charge on any atom is 0.337 e. The number of fused-ring (bicyclic) bond motifs is 1. The van der Waals surface area contributed by atoms with E-state index in [9.17, 15) is 9.90 Å². The first-order valence-electron chi connectivity index (χ1n) is 3.88. The van der Waals surface area contributed by atoms with E-state index in [0.29, 0.717) is 18.6 Å². The third-order valence-corrected chi connectivity index (χ3v) is 2.32. The van der Waals surface area contributed by atoms with Crippen LogP contribution in [-0.4, -0.2) is 17.7 Å². The van der Waals surface area contributed by atoms with Crippen LogP contribution in [0.4, 0.5) is 0 Å². The van der Waals surface area contributed by atoms with E-state index in [4.69, 9.17) is 4.74 Å². The van der Waals surface area contributed by atoms with Gasteiger partial charge in [0, 0.05) is 12.3 Å². The normalized spacial score (nSPS) is 30.2. The molecule has 0 aromatic rings. The summed E-state index contributed by atoms with van der Waals surface area (Å²) in [7, 11) is 0. The standard InChI is InChI=1S/C8H10O3/c9-6-3-1-2-5-4-11-8(10)7(5)6/h5,9H,1-4H2. The van der Waals surface area contributed by atoms with E-state index in [0.717, 1.165) is 12.8 Å². The molecular weight excluding hydrogens is 144 g/mol. The second-order valence-corrected chi connectivity index (χ2v) is 3.05. The van der Waals surface area contributed by atoms with Crippen molar-refractivity contribution in [1.82, 2.24) is 0 Å². The van der Waals surface area contributed by atoms with Gasteiger partial charge in [0.2, 0.25) is 0 Å². The summed E-state index contributed by atoms with van der Waals surface area (Å²) in [6, 6.07) is 0. The first-order valence-corrected chi connectivity index (χ1v) is 3.88. The Hall–Kier alpha value is -0.990. The maximum absolute atomic E-state index is 11.0. The molecule has 0 aromatic carbocycles. The molecule has 1 heterocycles. The number of hydrogen-bond donors (Lipinski definition) is 1. The van der Waals surface area contributed by atoms with Crippen molar-refractivity contribution < 1.29 is 14.6 Å². The van der Waals surface area contributed by atoms with Crippen molar-refractivity contribution in [3.63, 3.8) is 0 Å². The summed E-state index contributed by atoms with van der Waals surface area (Å²) < 4.78 is 4.81. The molecule has 1 fully saturated rings. The molecule has 1 atom stereocenters. The van der Waals surface area contributed by atoms with Crippen molar-refractivity contribution in [3.05, 3.63) is 11.3 Å². The lowest BCUT2D eigenvalue weighted by Gasteiger charge is -2.14. The summed E-state index contributed by atoms with van der Waals surface area (Å²) in [4.78, 5) is 11.0.